The largest absolute Gasteiger partial charge is 0.272 e. The summed E-state index contributed by atoms with van der Waals surface area (Å²) in [6.45, 7) is 0.861. The number of aromatic nitrogens is 4. The number of nitrogens with zero attached hydrogens (tertiary/aromatic N) is 5. The van der Waals surface area contributed by atoms with Crippen LogP contribution in [0.4, 0.5) is 0 Å². The van der Waals surface area contributed by atoms with E-state index in [9.17, 15) is 0 Å². The van der Waals surface area contributed by atoms with Gasteiger partial charge in [0.1, 0.15) is 0 Å². The topological polar surface area (TPSA) is 67.4 Å². The summed E-state index contributed by atoms with van der Waals surface area (Å²) >= 11 is 0. The Kier molecular flexibility index (Phi) is 5.21. The first-order valence-electron chi connectivity index (χ1n) is 9.21. The van der Waals surface area contributed by atoms with Crippen molar-refractivity contribution in [3.8, 4) is 28.6 Å². The molecule has 0 fully saturated rings. The number of benzene rings is 1. The third-order valence-electron chi connectivity index (χ3n) is 4.56. The second-order valence-electron chi connectivity index (χ2n) is 6.55. The standard InChI is InChI=1S/C23H19N5/c24-16-19-8-11-26-23(14-19)21-7-1-6-20(15-21)22-9-13-28(27-22)12-3-5-18-4-2-10-25-17-18/h1-2,4,6-11,13-15,17H,3,5,12H2. The number of hydrogen-bond donors (Lipinski definition) is 0. The van der Waals surface area contributed by atoms with Gasteiger partial charge in [-0.15, -0.1) is 0 Å². The van der Waals surface area contributed by atoms with Crippen LogP contribution in [0.3, 0.4) is 0 Å². The monoisotopic (exact) mass is 365 g/mol. The predicted octanol–water partition coefficient (Wildman–Crippen LogP) is 4.51. The van der Waals surface area contributed by atoms with Gasteiger partial charge < -0.3 is 0 Å². The van der Waals surface area contributed by atoms with Gasteiger partial charge in [-0.1, -0.05) is 24.3 Å². The molecule has 5 heteroatoms. The van der Waals surface area contributed by atoms with E-state index in [1.54, 1.807) is 24.5 Å². The Morgan fingerprint density at radius 2 is 1.82 bits per heavy atom. The zero-order valence-corrected chi connectivity index (χ0v) is 15.4. The SMILES string of the molecule is N#Cc1ccnc(-c2cccc(-c3ccn(CCCc4cccnc4)n3)c2)c1. The first-order chi connectivity index (χ1) is 13.8. The van der Waals surface area contributed by atoms with E-state index in [1.165, 1.54) is 5.56 Å². The van der Waals surface area contributed by atoms with Gasteiger partial charge in [0.2, 0.25) is 0 Å². The van der Waals surface area contributed by atoms with Crippen molar-refractivity contribution in [3.05, 3.63) is 90.5 Å². The fourth-order valence-electron chi connectivity index (χ4n) is 3.13. The highest BCUT2D eigenvalue weighted by Gasteiger charge is 2.06. The summed E-state index contributed by atoms with van der Waals surface area (Å²) in [4.78, 5) is 8.54. The van der Waals surface area contributed by atoms with Crippen LogP contribution in [0.1, 0.15) is 17.5 Å². The smallest absolute Gasteiger partial charge is 0.0992 e. The molecule has 0 saturated carbocycles. The highest BCUT2D eigenvalue weighted by Crippen LogP contribution is 2.24. The lowest BCUT2D eigenvalue weighted by Crippen LogP contribution is -2.00. The Hall–Kier alpha value is -3.78. The van der Waals surface area contributed by atoms with Crippen LogP contribution in [0.5, 0.6) is 0 Å². The van der Waals surface area contributed by atoms with E-state index < -0.39 is 0 Å². The Morgan fingerprint density at radius 3 is 2.64 bits per heavy atom. The van der Waals surface area contributed by atoms with Crippen molar-refractivity contribution in [2.75, 3.05) is 0 Å². The van der Waals surface area contributed by atoms with Crippen LogP contribution in [-0.2, 0) is 13.0 Å². The lowest BCUT2D eigenvalue weighted by Gasteiger charge is -2.04. The molecule has 3 aromatic heterocycles. The van der Waals surface area contributed by atoms with Gasteiger partial charge >= 0.3 is 0 Å². The van der Waals surface area contributed by atoms with Gasteiger partial charge in [0.05, 0.1) is 23.0 Å². The maximum atomic E-state index is 9.09. The van der Waals surface area contributed by atoms with E-state index in [2.05, 4.69) is 28.2 Å². The van der Waals surface area contributed by atoms with E-state index in [-0.39, 0.29) is 0 Å². The van der Waals surface area contributed by atoms with Crippen LogP contribution in [0.15, 0.2) is 79.4 Å². The Labute approximate surface area is 164 Å². The van der Waals surface area contributed by atoms with Gasteiger partial charge in [-0.25, -0.2) is 0 Å². The van der Waals surface area contributed by atoms with Crippen LogP contribution in [0.2, 0.25) is 0 Å². The number of hydrogen-bond acceptors (Lipinski definition) is 4. The molecule has 0 atom stereocenters. The molecule has 0 saturated heterocycles. The molecule has 0 aliphatic carbocycles. The number of nitriles is 1. The van der Waals surface area contributed by atoms with Gasteiger partial charge in [-0.2, -0.15) is 10.4 Å². The third-order valence-corrected chi connectivity index (χ3v) is 4.56. The fourth-order valence-corrected chi connectivity index (χ4v) is 3.13. The molecular formula is C23H19N5. The summed E-state index contributed by atoms with van der Waals surface area (Å²) in [7, 11) is 0. The first-order valence-corrected chi connectivity index (χ1v) is 9.21. The van der Waals surface area contributed by atoms with Crippen LogP contribution in [0.25, 0.3) is 22.5 Å². The molecule has 0 bridgehead atoms. The van der Waals surface area contributed by atoms with Crippen LogP contribution >= 0.6 is 0 Å². The van der Waals surface area contributed by atoms with Gasteiger partial charge in [0.25, 0.3) is 0 Å². The second-order valence-corrected chi connectivity index (χ2v) is 6.55. The number of pyridine rings is 2. The molecule has 3 heterocycles. The summed E-state index contributed by atoms with van der Waals surface area (Å²) in [5.41, 5.74) is 5.58. The molecule has 0 amide bonds. The highest BCUT2D eigenvalue weighted by molar-refractivity contribution is 5.69. The molecule has 0 unspecified atom stereocenters. The minimum atomic E-state index is 0.605. The maximum Gasteiger partial charge on any atom is 0.0992 e. The molecule has 0 radical (unpaired) electrons. The third kappa shape index (κ3) is 4.13. The second kappa shape index (κ2) is 8.28. The molecule has 0 N–H and O–H groups in total. The van der Waals surface area contributed by atoms with E-state index >= 15 is 0 Å². The Morgan fingerprint density at radius 1 is 0.929 bits per heavy atom. The van der Waals surface area contributed by atoms with Crippen molar-refractivity contribution < 1.29 is 0 Å². The van der Waals surface area contributed by atoms with Crippen molar-refractivity contribution in [1.82, 2.24) is 19.7 Å². The predicted molar refractivity (Wildman–Crippen MR) is 108 cm³/mol. The molecule has 28 heavy (non-hydrogen) atoms. The quantitative estimate of drug-likeness (QED) is 0.504. The van der Waals surface area contributed by atoms with Crippen LogP contribution in [0, 0.1) is 11.3 Å². The van der Waals surface area contributed by atoms with Gasteiger partial charge in [0, 0.05) is 42.5 Å². The normalized spacial score (nSPS) is 10.5. The molecule has 0 aliphatic rings. The molecule has 0 spiro atoms. The Bertz CT molecular complexity index is 1110. The molecule has 136 valence electrons. The van der Waals surface area contributed by atoms with Crippen molar-refractivity contribution >= 4 is 0 Å². The zero-order chi connectivity index (χ0) is 19.2. The first kappa shape index (κ1) is 17.6. The molecule has 4 aromatic rings. The van der Waals surface area contributed by atoms with Crippen molar-refractivity contribution in [1.29, 1.82) is 5.26 Å². The molecule has 0 aliphatic heterocycles. The Balaban J connectivity index is 1.47. The average Bonchev–Trinajstić information content (AvgIpc) is 3.24. The van der Waals surface area contributed by atoms with E-state index in [4.69, 9.17) is 10.4 Å². The van der Waals surface area contributed by atoms with Gasteiger partial charge in [0.15, 0.2) is 0 Å². The summed E-state index contributed by atoms with van der Waals surface area (Å²) in [5.74, 6) is 0. The average molecular weight is 365 g/mol. The van der Waals surface area contributed by atoms with Gasteiger partial charge in [-0.3, -0.25) is 14.6 Å². The minimum Gasteiger partial charge on any atom is -0.272 e. The number of rotatable bonds is 6. The molecule has 1 aromatic carbocycles. The van der Waals surface area contributed by atoms with E-state index in [0.29, 0.717) is 5.56 Å². The molecule has 5 nitrogen and oxygen atoms in total. The minimum absolute atomic E-state index is 0.605. The lowest BCUT2D eigenvalue weighted by atomic mass is 10.0. The van der Waals surface area contributed by atoms with Crippen molar-refractivity contribution in [2.24, 2.45) is 0 Å². The van der Waals surface area contributed by atoms with Gasteiger partial charge in [-0.05, 0) is 48.7 Å². The van der Waals surface area contributed by atoms with Crippen LogP contribution < -0.4 is 0 Å². The van der Waals surface area contributed by atoms with E-state index in [1.807, 2.05) is 47.4 Å². The molecule has 4 rings (SSSR count). The summed E-state index contributed by atoms with van der Waals surface area (Å²) in [5, 5.41) is 13.8. The number of aryl methyl sites for hydroxylation is 2. The molecular weight excluding hydrogens is 346 g/mol. The van der Waals surface area contributed by atoms with Crippen LogP contribution in [-0.4, -0.2) is 19.7 Å². The summed E-state index contributed by atoms with van der Waals surface area (Å²) in [6, 6.07) is 19.9. The summed E-state index contributed by atoms with van der Waals surface area (Å²) in [6.07, 6.45) is 9.38. The maximum absolute atomic E-state index is 9.09. The van der Waals surface area contributed by atoms with Crippen molar-refractivity contribution in [3.63, 3.8) is 0 Å². The summed E-state index contributed by atoms with van der Waals surface area (Å²) < 4.78 is 1.98. The van der Waals surface area contributed by atoms with Crippen molar-refractivity contribution in [2.45, 2.75) is 19.4 Å². The zero-order valence-electron chi connectivity index (χ0n) is 15.4. The lowest BCUT2D eigenvalue weighted by molar-refractivity contribution is 0.580. The van der Waals surface area contributed by atoms with E-state index in [0.717, 1.165) is 41.9 Å². The fraction of sp³-hybridized carbons (Fsp3) is 0.130. The highest BCUT2D eigenvalue weighted by atomic mass is 15.3.